The van der Waals surface area contributed by atoms with Crippen LogP contribution >= 0.6 is 0 Å². The maximum atomic E-state index is 13.3. The van der Waals surface area contributed by atoms with Crippen molar-refractivity contribution < 1.29 is 14.3 Å². The van der Waals surface area contributed by atoms with Gasteiger partial charge in [-0.05, 0) is 37.1 Å². The van der Waals surface area contributed by atoms with Crippen LogP contribution < -0.4 is 4.90 Å². The second kappa shape index (κ2) is 7.09. The molecule has 1 aliphatic heterocycles. The highest BCUT2D eigenvalue weighted by Crippen LogP contribution is 2.31. The average molecular weight is 337 g/mol. The highest BCUT2D eigenvalue weighted by molar-refractivity contribution is 6.03. The van der Waals surface area contributed by atoms with E-state index in [-0.39, 0.29) is 5.91 Å². The van der Waals surface area contributed by atoms with Gasteiger partial charge in [0.2, 0.25) is 0 Å². The van der Waals surface area contributed by atoms with Gasteiger partial charge in [0.25, 0.3) is 5.91 Å². The summed E-state index contributed by atoms with van der Waals surface area (Å²) in [6.07, 6.45) is 2.26. The van der Waals surface area contributed by atoms with E-state index in [1.807, 2.05) is 48.5 Å². The topological polar surface area (TPSA) is 46.6 Å². The van der Waals surface area contributed by atoms with Gasteiger partial charge in [-0.25, -0.2) is 4.79 Å². The number of carbonyl (C=O) groups is 2. The van der Waals surface area contributed by atoms with Crippen LogP contribution in [0.1, 0.15) is 42.6 Å². The van der Waals surface area contributed by atoms with E-state index in [2.05, 4.69) is 6.92 Å². The molecular formula is C21H23NO3. The highest BCUT2D eigenvalue weighted by Gasteiger charge is 2.45. The number of benzene rings is 2. The number of unbranched alkanes of at least 4 members (excludes halogenated alkanes) is 1. The molecule has 0 radical (unpaired) electrons. The number of fused-ring (bicyclic) bond motifs is 1. The largest absolute Gasteiger partial charge is 0.445 e. The Balaban J connectivity index is 1.93. The first kappa shape index (κ1) is 17.2. The minimum atomic E-state index is -1.19. The first-order valence-electron chi connectivity index (χ1n) is 8.73. The maximum absolute atomic E-state index is 13.3. The Morgan fingerprint density at radius 1 is 1.12 bits per heavy atom. The Hall–Kier alpha value is -2.62. The van der Waals surface area contributed by atoms with Crippen molar-refractivity contribution >= 4 is 17.6 Å². The zero-order valence-corrected chi connectivity index (χ0v) is 14.7. The number of rotatable bonds is 5. The second-order valence-electron chi connectivity index (χ2n) is 6.60. The first-order chi connectivity index (χ1) is 12.0. The fourth-order valence-corrected chi connectivity index (χ4v) is 3.21. The van der Waals surface area contributed by atoms with E-state index in [0.717, 1.165) is 24.1 Å². The summed E-state index contributed by atoms with van der Waals surface area (Å²) in [6, 6.07) is 16.9. The monoisotopic (exact) mass is 337 g/mol. The lowest BCUT2D eigenvalue weighted by Crippen LogP contribution is -2.53. The molecule has 2 aromatic carbocycles. The van der Waals surface area contributed by atoms with Gasteiger partial charge in [0, 0.05) is 18.7 Å². The Bertz CT molecular complexity index is 772. The van der Waals surface area contributed by atoms with Crippen LogP contribution in [0, 0.1) is 0 Å². The summed E-state index contributed by atoms with van der Waals surface area (Å²) in [6.45, 7) is 4.41. The highest BCUT2D eigenvalue weighted by atomic mass is 16.6. The predicted octanol–water partition coefficient (Wildman–Crippen LogP) is 3.99. The van der Waals surface area contributed by atoms with E-state index in [0.29, 0.717) is 18.5 Å². The van der Waals surface area contributed by atoms with Crippen molar-refractivity contribution in [1.29, 1.82) is 0 Å². The van der Waals surface area contributed by atoms with Crippen molar-refractivity contribution in [3.05, 3.63) is 65.7 Å². The number of hydrogen-bond acceptors (Lipinski definition) is 3. The number of hydrogen-bond donors (Lipinski definition) is 0. The standard InChI is InChI=1S/C21H23NO3/c1-3-4-14-22(17-11-6-5-7-12-17)20(24)21(2)15-16-10-8-9-13-18(16)19(23)25-21/h5-13H,3-4,14-15H2,1-2H3/t21-/m1/s1. The molecule has 0 N–H and O–H groups in total. The SMILES string of the molecule is CCCCN(C(=O)[C@@]1(C)Cc2ccccc2C(=O)O1)c1ccccc1. The van der Waals surface area contributed by atoms with Crippen LogP contribution in [0.15, 0.2) is 54.6 Å². The molecule has 0 aliphatic carbocycles. The Labute approximate surface area is 148 Å². The third-order valence-corrected chi connectivity index (χ3v) is 4.58. The molecule has 1 amide bonds. The number of ether oxygens (including phenoxy) is 1. The van der Waals surface area contributed by atoms with Gasteiger partial charge in [-0.1, -0.05) is 49.7 Å². The van der Waals surface area contributed by atoms with Crippen LogP contribution in [-0.4, -0.2) is 24.0 Å². The number of nitrogens with zero attached hydrogens (tertiary/aromatic N) is 1. The van der Waals surface area contributed by atoms with Crippen molar-refractivity contribution in [1.82, 2.24) is 0 Å². The van der Waals surface area contributed by atoms with E-state index < -0.39 is 11.6 Å². The van der Waals surface area contributed by atoms with Gasteiger partial charge in [0.05, 0.1) is 5.56 Å². The second-order valence-corrected chi connectivity index (χ2v) is 6.60. The first-order valence-corrected chi connectivity index (χ1v) is 8.73. The molecule has 4 nitrogen and oxygen atoms in total. The van der Waals surface area contributed by atoms with Gasteiger partial charge < -0.3 is 9.64 Å². The van der Waals surface area contributed by atoms with E-state index in [1.165, 1.54) is 0 Å². The Morgan fingerprint density at radius 2 is 1.80 bits per heavy atom. The molecule has 4 heteroatoms. The third-order valence-electron chi connectivity index (χ3n) is 4.58. The van der Waals surface area contributed by atoms with Crippen LogP contribution in [0.25, 0.3) is 0 Å². The molecule has 0 unspecified atom stereocenters. The van der Waals surface area contributed by atoms with Gasteiger partial charge in [-0.15, -0.1) is 0 Å². The number of cyclic esters (lactones) is 1. The summed E-state index contributed by atoms with van der Waals surface area (Å²) in [4.78, 5) is 27.5. The molecule has 0 saturated carbocycles. The number of anilines is 1. The van der Waals surface area contributed by atoms with Crippen LogP contribution in [0.4, 0.5) is 5.69 Å². The van der Waals surface area contributed by atoms with E-state index in [1.54, 1.807) is 17.9 Å². The molecule has 2 aromatic rings. The minimum Gasteiger partial charge on any atom is -0.445 e. The van der Waals surface area contributed by atoms with Crippen LogP contribution in [0.5, 0.6) is 0 Å². The number of para-hydroxylation sites is 1. The minimum absolute atomic E-state index is 0.171. The molecular weight excluding hydrogens is 314 g/mol. The van der Waals surface area contributed by atoms with Gasteiger partial charge in [-0.2, -0.15) is 0 Å². The summed E-state index contributed by atoms with van der Waals surface area (Å²) in [5.74, 6) is -0.601. The number of esters is 1. The normalized spacial score (nSPS) is 19.0. The predicted molar refractivity (Wildman–Crippen MR) is 97.7 cm³/mol. The third kappa shape index (κ3) is 3.43. The van der Waals surface area contributed by atoms with E-state index >= 15 is 0 Å². The Kier molecular flexibility index (Phi) is 4.88. The van der Waals surface area contributed by atoms with Crippen LogP contribution in [0.2, 0.25) is 0 Å². The quantitative estimate of drug-likeness (QED) is 0.775. The molecule has 0 fully saturated rings. The van der Waals surface area contributed by atoms with Gasteiger partial charge >= 0.3 is 5.97 Å². The van der Waals surface area contributed by atoms with Gasteiger partial charge in [-0.3, -0.25) is 4.79 Å². The van der Waals surface area contributed by atoms with Crippen molar-refractivity contribution in [3.8, 4) is 0 Å². The molecule has 1 heterocycles. The molecule has 0 spiro atoms. The van der Waals surface area contributed by atoms with Crippen molar-refractivity contribution in [2.75, 3.05) is 11.4 Å². The molecule has 25 heavy (non-hydrogen) atoms. The average Bonchev–Trinajstić information content (AvgIpc) is 2.62. The zero-order chi connectivity index (χ0) is 17.9. The smallest absolute Gasteiger partial charge is 0.339 e. The van der Waals surface area contributed by atoms with Crippen molar-refractivity contribution in [2.45, 2.75) is 38.7 Å². The summed E-state index contributed by atoms with van der Waals surface area (Å²) in [5, 5.41) is 0. The van der Waals surface area contributed by atoms with Crippen molar-refractivity contribution in [2.24, 2.45) is 0 Å². The van der Waals surface area contributed by atoms with E-state index in [4.69, 9.17) is 4.74 Å². The molecule has 1 aliphatic rings. The summed E-state index contributed by atoms with van der Waals surface area (Å²) >= 11 is 0. The molecule has 130 valence electrons. The van der Waals surface area contributed by atoms with Crippen LogP contribution in [-0.2, 0) is 16.0 Å². The Morgan fingerprint density at radius 3 is 2.52 bits per heavy atom. The van der Waals surface area contributed by atoms with Gasteiger partial charge in [0.15, 0.2) is 5.60 Å². The molecule has 0 aromatic heterocycles. The summed E-state index contributed by atoms with van der Waals surface area (Å²) in [5.41, 5.74) is 1.05. The summed E-state index contributed by atoms with van der Waals surface area (Å²) < 4.78 is 5.61. The lowest BCUT2D eigenvalue weighted by molar-refractivity contribution is -0.136. The molecule has 0 bridgehead atoms. The fraction of sp³-hybridized carbons (Fsp3) is 0.333. The van der Waals surface area contributed by atoms with Crippen molar-refractivity contribution in [3.63, 3.8) is 0 Å². The zero-order valence-electron chi connectivity index (χ0n) is 14.7. The number of carbonyl (C=O) groups excluding carboxylic acids is 2. The summed E-state index contributed by atoms with van der Waals surface area (Å²) in [7, 11) is 0. The maximum Gasteiger partial charge on any atom is 0.339 e. The fourth-order valence-electron chi connectivity index (χ4n) is 3.21. The van der Waals surface area contributed by atoms with Gasteiger partial charge in [0.1, 0.15) is 0 Å². The molecule has 3 rings (SSSR count). The number of amides is 1. The molecule has 0 saturated heterocycles. The molecule has 1 atom stereocenters. The van der Waals surface area contributed by atoms with Crippen LogP contribution in [0.3, 0.4) is 0 Å². The lowest BCUT2D eigenvalue weighted by Gasteiger charge is -2.37. The lowest BCUT2D eigenvalue weighted by atomic mass is 9.88. The van der Waals surface area contributed by atoms with E-state index in [9.17, 15) is 9.59 Å².